The van der Waals surface area contributed by atoms with Gasteiger partial charge in [-0.05, 0) is 25.8 Å². The Morgan fingerprint density at radius 1 is 1.62 bits per heavy atom. The molecule has 13 heavy (non-hydrogen) atoms. The number of carbonyl (C=O) groups is 1. The molecule has 0 aromatic rings. The molecule has 0 aliphatic carbocycles. The number of ether oxygens (including phenoxy) is 1. The van der Waals surface area contributed by atoms with Crippen LogP contribution in [0.2, 0.25) is 0 Å². The van der Waals surface area contributed by atoms with Gasteiger partial charge in [-0.15, -0.1) is 0 Å². The van der Waals surface area contributed by atoms with Crippen molar-refractivity contribution in [2.45, 2.75) is 32.6 Å². The Morgan fingerprint density at radius 3 is 3.08 bits per heavy atom. The molecule has 1 aliphatic heterocycles. The Labute approximate surface area is 79.8 Å². The number of hydrogen-bond acceptors (Lipinski definition) is 3. The van der Waals surface area contributed by atoms with Crippen LogP contribution in [-0.4, -0.2) is 25.7 Å². The summed E-state index contributed by atoms with van der Waals surface area (Å²) in [5, 5.41) is 3.30. The third-order valence-corrected chi connectivity index (χ3v) is 2.33. The minimum Gasteiger partial charge on any atom is -0.465 e. The van der Waals surface area contributed by atoms with Crippen LogP contribution in [0.1, 0.15) is 32.6 Å². The monoisotopic (exact) mass is 185 g/mol. The highest BCUT2D eigenvalue weighted by atomic mass is 16.5. The minimum absolute atomic E-state index is 0.0481. The molecule has 0 bridgehead atoms. The molecule has 1 atom stereocenters. The summed E-state index contributed by atoms with van der Waals surface area (Å²) in [6, 6.07) is 0. The predicted molar refractivity (Wildman–Crippen MR) is 51.5 cm³/mol. The van der Waals surface area contributed by atoms with Gasteiger partial charge in [0.05, 0.1) is 6.61 Å². The smallest absolute Gasteiger partial charge is 0.305 e. The van der Waals surface area contributed by atoms with Crippen molar-refractivity contribution in [1.82, 2.24) is 5.32 Å². The Balaban J connectivity index is 2.06. The molecule has 3 heteroatoms. The molecule has 1 N–H and O–H groups in total. The van der Waals surface area contributed by atoms with Crippen LogP contribution in [0.25, 0.3) is 0 Å². The van der Waals surface area contributed by atoms with Crippen molar-refractivity contribution >= 4 is 5.97 Å². The summed E-state index contributed by atoms with van der Waals surface area (Å²) in [4.78, 5) is 11.0. The molecule has 1 fully saturated rings. The van der Waals surface area contributed by atoms with E-state index in [1.54, 1.807) is 0 Å². The first kappa shape index (κ1) is 10.5. The second-order valence-corrected chi connectivity index (χ2v) is 3.65. The van der Waals surface area contributed by atoms with E-state index in [0.717, 1.165) is 19.5 Å². The van der Waals surface area contributed by atoms with Crippen molar-refractivity contribution in [2.24, 2.45) is 5.92 Å². The summed E-state index contributed by atoms with van der Waals surface area (Å²) in [6.07, 6.45) is 3.82. The average Bonchev–Trinajstić information content (AvgIpc) is 2.17. The molecule has 0 aromatic carbocycles. The number of piperidine rings is 1. The summed E-state index contributed by atoms with van der Waals surface area (Å²) >= 11 is 0. The third kappa shape index (κ3) is 4.27. The Morgan fingerprint density at radius 2 is 2.46 bits per heavy atom. The van der Waals surface area contributed by atoms with E-state index in [1.165, 1.54) is 12.8 Å². The molecule has 0 aromatic heterocycles. The van der Waals surface area contributed by atoms with Crippen molar-refractivity contribution in [2.75, 3.05) is 19.7 Å². The van der Waals surface area contributed by atoms with Gasteiger partial charge in [-0.2, -0.15) is 0 Å². The lowest BCUT2D eigenvalue weighted by molar-refractivity contribution is -0.145. The highest BCUT2D eigenvalue weighted by Gasteiger charge is 2.14. The molecule has 1 aliphatic rings. The number of rotatable bonds is 4. The summed E-state index contributed by atoms with van der Waals surface area (Å²) in [5.41, 5.74) is 0. The maximum atomic E-state index is 11.0. The van der Waals surface area contributed by atoms with Gasteiger partial charge in [0.2, 0.25) is 0 Å². The molecule has 0 amide bonds. The summed E-state index contributed by atoms with van der Waals surface area (Å²) in [6.45, 7) is 4.70. The van der Waals surface area contributed by atoms with Gasteiger partial charge in [0, 0.05) is 18.9 Å². The predicted octanol–water partition coefficient (Wildman–Crippen LogP) is 1.33. The average molecular weight is 185 g/mol. The molecule has 1 unspecified atom stereocenters. The topological polar surface area (TPSA) is 38.3 Å². The molecule has 0 saturated carbocycles. The van der Waals surface area contributed by atoms with Crippen LogP contribution in [0.5, 0.6) is 0 Å². The maximum absolute atomic E-state index is 11.0. The van der Waals surface area contributed by atoms with Crippen LogP contribution in [0, 0.1) is 5.92 Å². The van der Waals surface area contributed by atoms with Gasteiger partial charge in [-0.25, -0.2) is 0 Å². The number of nitrogens with one attached hydrogen (secondary N) is 1. The van der Waals surface area contributed by atoms with Crippen LogP contribution < -0.4 is 5.32 Å². The molecule has 0 radical (unpaired) electrons. The fourth-order valence-corrected chi connectivity index (χ4v) is 1.55. The van der Waals surface area contributed by atoms with Gasteiger partial charge in [0.25, 0.3) is 0 Å². The van der Waals surface area contributed by atoms with Crippen LogP contribution in [-0.2, 0) is 9.53 Å². The molecular formula is C10H19NO2. The van der Waals surface area contributed by atoms with Crippen LogP contribution in [0.15, 0.2) is 0 Å². The molecule has 76 valence electrons. The Kier molecular flexibility index (Phi) is 4.83. The van der Waals surface area contributed by atoms with E-state index < -0.39 is 0 Å². The molecule has 1 heterocycles. The van der Waals surface area contributed by atoms with Crippen LogP contribution >= 0.6 is 0 Å². The van der Waals surface area contributed by atoms with E-state index >= 15 is 0 Å². The lowest BCUT2D eigenvalue weighted by Crippen LogP contribution is -2.32. The molecule has 3 nitrogen and oxygen atoms in total. The van der Waals surface area contributed by atoms with Gasteiger partial charge in [-0.3, -0.25) is 4.79 Å². The Bertz CT molecular complexity index is 153. The third-order valence-electron chi connectivity index (χ3n) is 2.33. The molecule has 0 spiro atoms. The Hall–Kier alpha value is -0.570. The van der Waals surface area contributed by atoms with E-state index in [2.05, 4.69) is 5.32 Å². The molecule has 1 rings (SSSR count). The van der Waals surface area contributed by atoms with Crippen LogP contribution in [0.3, 0.4) is 0 Å². The first-order valence-electron chi connectivity index (χ1n) is 5.19. The van der Waals surface area contributed by atoms with Crippen molar-refractivity contribution in [3.05, 3.63) is 0 Å². The zero-order valence-corrected chi connectivity index (χ0v) is 8.34. The number of carbonyl (C=O) groups excluding carboxylic acids is 1. The van der Waals surface area contributed by atoms with E-state index in [-0.39, 0.29) is 5.97 Å². The van der Waals surface area contributed by atoms with Crippen LogP contribution in [0.4, 0.5) is 0 Å². The van der Waals surface area contributed by atoms with Crippen molar-refractivity contribution < 1.29 is 9.53 Å². The van der Waals surface area contributed by atoms with Gasteiger partial charge < -0.3 is 10.1 Å². The standard InChI is InChI=1S/C10H19NO2/c1-2-4-10(12)13-8-9-5-3-6-11-7-9/h9,11H,2-8H2,1H3. The second kappa shape index (κ2) is 5.97. The summed E-state index contributed by atoms with van der Waals surface area (Å²) in [7, 11) is 0. The number of hydrogen-bond donors (Lipinski definition) is 1. The fraction of sp³-hybridized carbons (Fsp3) is 0.900. The maximum Gasteiger partial charge on any atom is 0.305 e. The lowest BCUT2D eigenvalue weighted by atomic mass is 10.0. The van der Waals surface area contributed by atoms with E-state index in [0.29, 0.717) is 18.9 Å². The van der Waals surface area contributed by atoms with Gasteiger partial charge in [0.15, 0.2) is 0 Å². The first-order chi connectivity index (χ1) is 6.33. The van der Waals surface area contributed by atoms with E-state index in [1.807, 2.05) is 6.92 Å². The zero-order valence-electron chi connectivity index (χ0n) is 8.34. The van der Waals surface area contributed by atoms with E-state index in [9.17, 15) is 4.79 Å². The quantitative estimate of drug-likeness (QED) is 0.671. The second-order valence-electron chi connectivity index (χ2n) is 3.65. The number of esters is 1. The van der Waals surface area contributed by atoms with Gasteiger partial charge in [-0.1, -0.05) is 6.92 Å². The summed E-state index contributed by atoms with van der Waals surface area (Å²) in [5.74, 6) is 0.489. The zero-order chi connectivity index (χ0) is 9.52. The highest BCUT2D eigenvalue weighted by Crippen LogP contribution is 2.10. The SMILES string of the molecule is CCCC(=O)OCC1CCCNC1. The minimum atomic E-state index is -0.0481. The van der Waals surface area contributed by atoms with E-state index in [4.69, 9.17) is 4.74 Å². The highest BCUT2D eigenvalue weighted by molar-refractivity contribution is 5.69. The molecular weight excluding hydrogens is 166 g/mol. The summed E-state index contributed by atoms with van der Waals surface area (Å²) < 4.78 is 5.14. The first-order valence-corrected chi connectivity index (χ1v) is 5.19. The largest absolute Gasteiger partial charge is 0.465 e. The lowest BCUT2D eigenvalue weighted by Gasteiger charge is -2.22. The van der Waals surface area contributed by atoms with Gasteiger partial charge in [0.1, 0.15) is 0 Å². The van der Waals surface area contributed by atoms with Gasteiger partial charge >= 0.3 is 5.97 Å². The van der Waals surface area contributed by atoms with Crippen molar-refractivity contribution in [3.63, 3.8) is 0 Å². The van der Waals surface area contributed by atoms with Crippen molar-refractivity contribution in [1.29, 1.82) is 0 Å². The normalized spacial score (nSPS) is 22.7. The fourth-order valence-electron chi connectivity index (χ4n) is 1.55. The molecule has 1 saturated heterocycles. The van der Waals surface area contributed by atoms with Crippen molar-refractivity contribution in [3.8, 4) is 0 Å².